The molecule has 0 fully saturated rings. The van der Waals surface area contributed by atoms with Crippen LogP contribution in [0, 0.1) is 0 Å². The van der Waals surface area contributed by atoms with E-state index in [-0.39, 0.29) is 5.54 Å². The van der Waals surface area contributed by atoms with Gasteiger partial charge in [-0.05, 0) is 25.6 Å². The zero-order valence-electron chi connectivity index (χ0n) is 7.63. The third-order valence-electron chi connectivity index (χ3n) is 1.39. The van der Waals surface area contributed by atoms with Crippen molar-refractivity contribution in [1.29, 1.82) is 0 Å². The summed E-state index contributed by atoms with van der Waals surface area (Å²) in [6.45, 7) is 4.52. The Bertz CT molecular complexity index is 130. The van der Waals surface area contributed by atoms with E-state index in [1.54, 1.807) is 0 Å². The maximum absolute atomic E-state index is 4.96. The molecule has 0 saturated carbocycles. The highest BCUT2D eigenvalue weighted by molar-refractivity contribution is 7.80. The van der Waals surface area contributed by atoms with Gasteiger partial charge in [-0.1, -0.05) is 19.8 Å². The normalized spacial score (nSPS) is 12.6. The van der Waals surface area contributed by atoms with Crippen LogP contribution in [0.15, 0.2) is 0 Å². The van der Waals surface area contributed by atoms with Crippen LogP contribution in [0.5, 0.6) is 0 Å². The van der Waals surface area contributed by atoms with Gasteiger partial charge in [-0.25, -0.2) is 0 Å². The maximum Gasteiger partial charge on any atom is 0.204 e. The second-order valence-electron chi connectivity index (χ2n) is 2.50. The van der Waals surface area contributed by atoms with E-state index in [4.69, 9.17) is 22.0 Å². The van der Waals surface area contributed by atoms with E-state index in [0.717, 1.165) is 19.3 Å². The molecule has 69 valence electrons. The maximum atomic E-state index is 4.96. The second-order valence-corrected chi connectivity index (χ2v) is 3.60. The molecule has 0 rings (SSSR count). The molecule has 0 aromatic carbocycles. The van der Waals surface area contributed by atoms with Crippen LogP contribution in [0.25, 0.3) is 0 Å². The predicted molar refractivity (Wildman–Crippen MR) is 54.3 cm³/mol. The molecule has 0 N–H and O–H groups in total. The zero-order chi connectivity index (χ0) is 9.40. The first-order valence-electron chi connectivity index (χ1n) is 4.26. The molecule has 0 bridgehead atoms. The van der Waals surface area contributed by atoms with Gasteiger partial charge in [0.25, 0.3) is 0 Å². The molecule has 0 aliphatic carbocycles. The van der Waals surface area contributed by atoms with Gasteiger partial charge in [0.1, 0.15) is 0 Å². The Morgan fingerprint density at radius 1 is 1.50 bits per heavy atom. The van der Waals surface area contributed by atoms with Crippen LogP contribution in [0.4, 0.5) is 0 Å². The Hall–Kier alpha value is 0.0669. The van der Waals surface area contributed by atoms with Gasteiger partial charge in [0.05, 0.1) is 6.61 Å². The average Bonchev–Trinajstić information content (AvgIpc) is 2.10. The van der Waals surface area contributed by atoms with Crippen molar-refractivity contribution in [3.05, 3.63) is 0 Å². The smallest absolute Gasteiger partial charge is 0.204 e. The van der Waals surface area contributed by atoms with Crippen molar-refractivity contribution in [2.75, 3.05) is 6.61 Å². The van der Waals surface area contributed by atoms with Crippen LogP contribution in [-0.2, 0) is 9.78 Å². The Morgan fingerprint density at radius 2 is 2.17 bits per heavy atom. The van der Waals surface area contributed by atoms with Crippen molar-refractivity contribution in [2.45, 2.75) is 38.7 Å². The number of unbranched alkanes of at least 4 members (excludes halogenated alkanes) is 1. The van der Waals surface area contributed by atoms with E-state index in [2.05, 4.69) is 17.2 Å². The third kappa shape index (κ3) is 5.68. The number of hydrogen-bond donors (Lipinski definition) is 0. The Morgan fingerprint density at radius 3 is 2.67 bits per heavy atom. The summed E-state index contributed by atoms with van der Waals surface area (Å²) in [5.41, 5.74) is 0.131. The van der Waals surface area contributed by atoms with Crippen molar-refractivity contribution in [3.8, 4) is 0 Å². The van der Waals surface area contributed by atoms with Crippen LogP contribution in [-0.4, -0.2) is 21.9 Å². The summed E-state index contributed by atoms with van der Waals surface area (Å²) in [6.07, 6.45) is 3.31. The highest BCUT2D eigenvalue weighted by Crippen LogP contribution is 2.13. The van der Waals surface area contributed by atoms with E-state index < -0.39 is 0 Å². The van der Waals surface area contributed by atoms with Crippen LogP contribution in [0.2, 0.25) is 5.54 Å². The highest BCUT2D eigenvalue weighted by Gasteiger charge is 2.10. The van der Waals surface area contributed by atoms with Crippen molar-refractivity contribution < 1.29 is 9.78 Å². The third-order valence-corrected chi connectivity index (χ3v) is 2.50. The van der Waals surface area contributed by atoms with Gasteiger partial charge in [-0.15, -0.1) is 0 Å². The molecular formula is C8H15O2SSi. The fraction of sp³-hybridized carbons (Fsp3) is 0.875. The van der Waals surface area contributed by atoms with E-state index in [0.29, 0.717) is 11.7 Å². The van der Waals surface area contributed by atoms with Gasteiger partial charge >= 0.3 is 0 Å². The summed E-state index contributed by atoms with van der Waals surface area (Å²) in [5.74, 6) is 0. The van der Waals surface area contributed by atoms with Gasteiger partial charge in [-0.3, -0.25) is 0 Å². The molecule has 0 saturated heterocycles. The first kappa shape index (κ1) is 12.1. The lowest BCUT2D eigenvalue weighted by molar-refractivity contribution is -0.216. The second kappa shape index (κ2) is 7.70. The van der Waals surface area contributed by atoms with Crippen molar-refractivity contribution in [1.82, 2.24) is 0 Å². The van der Waals surface area contributed by atoms with Crippen LogP contribution in [0.1, 0.15) is 33.1 Å². The standard InChI is InChI=1S/C8H15O2SSi/c1-3-5-6-7(12)8(11)10-9-4-2/h7H,3-6H2,1-2H3. The minimum absolute atomic E-state index is 0.131. The monoisotopic (exact) mass is 203 g/mol. The SMILES string of the molecule is CCCCC([Si])C(=S)OOCC. The van der Waals surface area contributed by atoms with Crippen LogP contribution < -0.4 is 0 Å². The molecule has 0 aliphatic rings. The zero-order valence-corrected chi connectivity index (χ0v) is 9.45. The van der Waals surface area contributed by atoms with Gasteiger partial charge in [0.15, 0.2) is 0 Å². The molecule has 0 aromatic rings. The molecule has 0 aromatic heterocycles. The molecule has 4 heteroatoms. The van der Waals surface area contributed by atoms with Crippen molar-refractivity contribution >= 4 is 27.5 Å². The molecule has 0 amide bonds. The molecule has 2 nitrogen and oxygen atoms in total. The van der Waals surface area contributed by atoms with Crippen LogP contribution in [0.3, 0.4) is 0 Å². The summed E-state index contributed by atoms with van der Waals surface area (Å²) < 4.78 is 0. The van der Waals surface area contributed by atoms with E-state index in [1.165, 1.54) is 0 Å². The molecule has 1 atom stereocenters. The summed E-state index contributed by atoms with van der Waals surface area (Å²) in [5, 5.41) is 0.488. The highest BCUT2D eigenvalue weighted by atomic mass is 32.1. The topological polar surface area (TPSA) is 18.5 Å². The minimum Gasteiger partial charge on any atom is -0.330 e. The number of thiocarbonyl (C=S) groups is 1. The lowest BCUT2D eigenvalue weighted by atomic mass is 10.2. The molecular weight excluding hydrogens is 188 g/mol. The molecule has 1 unspecified atom stereocenters. The van der Waals surface area contributed by atoms with E-state index in [1.807, 2.05) is 6.92 Å². The lowest BCUT2D eigenvalue weighted by Gasteiger charge is -2.10. The Balaban J connectivity index is 3.47. The number of rotatable bonds is 6. The lowest BCUT2D eigenvalue weighted by Crippen LogP contribution is -2.11. The first-order chi connectivity index (χ1) is 5.72. The quantitative estimate of drug-likeness (QED) is 0.286. The molecule has 0 spiro atoms. The molecule has 0 heterocycles. The predicted octanol–water partition coefficient (Wildman–Crippen LogP) is 2.43. The van der Waals surface area contributed by atoms with Crippen molar-refractivity contribution in [3.63, 3.8) is 0 Å². The van der Waals surface area contributed by atoms with E-state index >= 15 is 0 Å². The van der Waals surface area contributed by atoms with Gasteiger partial charge < -0.3 is 4.89 Å². The molecule has 0 aliphatic heterocycles. The first-order valence-corrected chi connectivity index (χ1v) is 5.25. The fourth-order valence-corrected chi connectivity index (χ4v) is 1.12. The summed E-state index contributed by atoms with van der Waals surface area (Å²) in [7, 11) is 3.48. The summed E-state index contributed by atoms with van der Waals surface area (Å²) >= 11 is 4.96. The minimum atomic E-state index is 0.131. The Kier molecular flexibility index (Phi) is 7.75. The summed E-state index contributed by atoms with van der Waals surface area (Å²) in [4.78, 5) is 9.56. The van der Waals surface area contributed by atoms with Gasteiger partial charge in [0.2, 0.25) is 5.05 Å². The van der Waals surface area contributed by atoms with Gasteiger partial charge in [-0.2, -0.15) is 4.89 Å². The largest absolute Gasteiger partial charge is 0.330 e. The molecule has 3 radical (unpaired) electrons. The summed E-state index contributed by atoms with van der Waals surface area (Å²) in [6, 6.07) is 0. The number of hydrogen-bond acceptors (Lipinski definition) is 3. The van der Waals surface area contributed by atoms with Crippen LogP contribution >= 0.6 is 12.2 Å². The van der Waals surface area contributed by atoms with E-state index in [9.17, 15) is 0 Å². The van der Waals surface area contributed by atoms with Gasteiger partial charge in [0, 0.05) is 15.8 Å². The van der Waals surface area contributed by atoms with Crippen molar-refractivity contribution in [2.24, 2.45) is 0 Å². The fourth-order valence-electron chi connectivity index (χ4n) is 0.701. The Labute approximate surface area is 83.0 Å². The molecule has 12 heavy (non-hydrogen) atoms. The average molecular weight is 203 g/mol.